The third-order valence-electron chi connectivity index (χ3n) is 17.4. The number of carbonyl (C=O) groups is 2. The van der Waals surface area contributed by atoms with E-state index in [1.165, 1.54) is 13.8 Å². The molecule has 8 fully saturated rings. The Morgan fingerprint density at radius 2 is 0.581 bits per heavy atom. The zero-order valence-corrected chi connectivity index (χ0v) is 50.1. The maximum Gasteiger partial charge on any atom is 0.217 e. The fourth-order valence-electron chi connectivity index (χ4n) is 12.2. The fraction of sp³-hybridized carbons (Fsp3) is 0.962. The summed E-state index contributed by atoms with van der Waals surface area (Å²) in [5.41, 5.74) is 0. The zero-order valence-electron chi connectivity index (χ0n) is 50.1. The van der Waals surface area contributed by atoms with Gasteiger partial charge in [-0.1, -0.05) is 0 Å². The largest absolute Gasteiger partial charge is 0.394 e. The first-order valence-corrected chi connectivity index (χ1v) is 29.9. The molecule has 40 atom stereocenters. The molecule has 8 saturated heterocycles. The van der Waals surface area contributed by atoms with Gasteiger partial charge in [0.15, 0.2) is 50.3 Å². The second kappa shape index (κ2) is 32.6. The van der Waals surface area contributed by atoms with Crippen LogP contribution in [0.1, 0.15) is 27.7 Å². The second-order valence-electron chi connectivity index (χ2n) is 23.8. The van der Waals surface area contributed by atoms with Crippen molar-refractivity contribution in [2.45, 2.75) is 273 Å². The summed E-state index contributed by atoms with van der Waals surface area (Å²) >= 11 is 0. The molecule has 0 radical (unpaired) electrons. The zero-order chi connectivity index (χ0) is 68.5. The van der Waals surface area contributed by atoms with Crippen molar-refractivity contribution >= 4 is 11.8 Å². The van der Waals surface area contributed by atoms with Gasteiger partial charge in [0.1, 0.15) is 183 Å². The lowest BCUT2D eigenvalue weighted by molar-refractivity contribution is -0.411. The highest BCUT2D eigenvalue weighted by Crippen LogP contribution is 2.40. The Morgan fingerprint density at radius 3 is 1.06 bits per heavy atom. The summed E-state index contributed by atoms with van der Waals surface area (Å²) in [5, 5.41) is 246. The van der Waals surface area contributed by atoms with Crippen LogP contribution in [-0.2, 0) is 80.6 Å². The van der Waals surface area contributed by atoms with Crippen LogP contribution >= 0.6 is 0 Å². The molecule has 0 aromatic carbocycles. The van der Waals surface area contributed by atoms with Gasteiger partial charge in [-0.3, -0.25) is 9.59 Å². The van der Waals surface area contributed by atoms with Crippen molar-refractivity contribution < 1.29 is 193 Å². The third-order valence-corrected chi connectivity index (χ3v) is 17.4. The normalized spacial score (nSPS) is 51.6. The summed E-state index contributed by atoms with van der Waals surface area (Å²) in [6.07, 6.45) is -75.1. The molecule has 41 heteroatoms. The van der Waals surface area contributed by atoms with Crippen molar-refractivity contribution in [1.82, 2.24) is 10.6 Å². The standard InChI is InChI=1S/C52H88N2O39/c1-11-23(63)28(68)33(73)47(79-11)91-42-22(54-14(4)62)45(78)81-19(9-59)40(42)89-46-21(53-13(3)61)27(67)38(17(7-57)84-46)87-51-37(77)43(92-50-36(76)32(72)39(18(8-58)85-50)88-49-35(75)30(70)25(65)15(5-55)82-49)41(20(10-60)86-51)90-52-44(31(71)26(66)16(6-56)83-52)93-48-34(74)29(69)24(64)12(2)80-48/h11-12,15-52,55-60,63-78H,5-10H2,1-4H3,(H,53,61)(H,54,62)/t11-,12-,15+,16+,17+,18+,19+,20+,21+,22+,23+,24+,25-,26-,27+,28+,29+,30-,31-,32+,33-,34-,35+,36-,37-,38+,39+,40+,41+,42+,43+,44+,45+,46-,47-,48-,49+,50+,51-,52-/m0/s1. The van der Waals surface area contributed by atoms with Crippen LogP contribution < -0.4 is 10.6 Å². The first-order valence-electron chi connectivity index (χ1n) is 29.9. The van der Waals surface area contributed by atoms with Crippen LogP contribution in [0.2, 0.25) is 0 Å². The Morgan fingerprint density at radius 1 is 0.280 bits per heavy atom. The van der Waals surface area contributed by atoms with Crippen LogP contribution in [0.25, 0.3) is 0 Å². The molecular weight excluding hydrogens is 1280 g/mol. The Kier molecular flexibility index (Phi) is 26.7. The smallest absolute Gasteiger partial charge is 0.217 e. The highest BCUT2D eigenvalue weighted by molar-refractivity contribution is 5.73. The van der Waals surface area contributed by atoms with E-state index >= 15 is 0 Å². The minimum atomic E-state index is -2.49. The Balaban J connectivity index is 1.12. The van der Waals surface area contributed by atoms with Gasteiger partial charge in [0, 0.05) is 13.8 Å². The molecule has 8 aliphatic heterocycles. The predicted octanol–water partition coefficient (Wildman–Crippen LogP) is -16.1. The van der Waals surface area contributed by atoms with Gasteiger partial charge in [-0.05, 0) is 13.8 Å². The average molecular weight is 1370 g/mol. The summed E-state index contributed by atoms with van der Waals surface area (Å²) < 4.78 is 88.4. The van der Waals surface area contributed by atoms with E-state index in [0.29, 0.717) is 0 Å². The van der Waals surface area contributed by atoms with E-state index < -0.39 is 297 Å². The molecule has 8 rings (SSSR count). The van der Waals surface area contributed by atoms with Gasteiger partial charge in [-0.25, -0.2) is 0 Å². The molecule has 93 heavy (non-hydrogen) atoms. The number of amides is 2. The lowest BCUT2D eigenvalue weighted by Crippen LogP contribution is -2.71. The van der Waals surface area contributed by atoms with E-state index in [4.69, 9.17) is 71.1 Å². The average Bonchev–Trinajstić information content (AvgIpc) is 0.779. The van der Waals surface area contributed by atoms with Crippen molar-refractivity contribution in [3.8, 4) is 0 Å². The Bertz CT molecular complexity index is 2350. The molecule has 0 aromatic rings. The highest BCUT2D eigenvalue weighted by Gasteiger charge is 2.61. The Labute approximate surface area is 527 Å². The van der Waals surface area contributed by atoms with Crippen molar-refractivity contribution in [1.29, 1.82) is 0 Å². The summed E-state index contributed by atoms with van der Waals surface area (Å²) in [7, 11) is 0. The second-order valence-corrected chi connectivity index (χ2v) is 23.8. The van der Waals surface area contributed by atoms with E-state index in [2.05, 4.69) is 10.6 Å². The van der Waals surface area contributed by atoms with E-state index in [0.717, 1.165) is 13.8 Å². The first kappa shape index (κ1) is 76.2. The number of nitrogens with one attached hydrogen (secondary N) is 2. The monoisotopic (exact) mass is 1360 g/mol. The van der Waals surface area contributed by atoms with Crippen molar-refractivity contribution in [2.75, 3.05) is 39.6 Å². The maximum atomic E-state index is 13.0. The molecule has 2 amide bonds. The third kappa shape index (κ3) is 16.2. The number of aliphatic hydroxyl groups excluding tert-OH is 22. The van der Waals surface area contributed by atoms with Gasteiger partial charge in [-0.15, -0.1) is 0 Å². The van der Waals surface area contributed by atoms with Crippen molar-refractivity contribution in [3.05, 3.63) is 0 Å². The predicted molar refractivity (Wildman–Crippen MR) is 285 cm³/mol. The minimum absolute atomic E-state index is 0.811. The van der Waals surface area contributed by atoms with Crippen LogP contribution in [0.5, 0.6) is 0 Å². The van der Waals surface area contributed by atoms with E-state index in [9.17, 15) is 122 Å². The number of carbonyl (C=O) groups excluding carboxylic acids is 2. The lowest BCUT2D eigenvalue weighted by atomic mass is 9.93. The van der Waals surface area contributed by atoms with Gasteiger partial charge in [0.25, 0.3) is 0 Å². The van der Waals surface area contributed by atoms with Gasteiger partial charge in [-0.2, -0.15) is 0 Å². The van der Waals surface area contributed by atoms with Crippen molar-refractivity contribution in [2.24, 2.45) is 0 Å². The topological polar surface area (TPSA) is 642 Å². The molecule has 0 aliphatic carbocycles. The molecule has 0 aromatic heterocycles. The van der Waals surface area contributed by atoms with Crippen LogP contribution in [0, 0.1) is 0 Å². The molecular formula is C52H88N2O39. The number of hydrogen-bond acceptors (Lipinski definition) is 39. The summed E-state index contributed by atoms with van der Waals surface area (Å²) in [6, 6.07) is -3.60. The van der Waals surface area contributed by atoms with Gasteiger partial charge < -0.3 is 194 Å². The molecule has 0 saturated carbocycles. The van der Waals surface area contributed by atoms with E-state index in [-0.39, 0.29) is 0 Å². The molecule has 8 aliphatic rings. The van der Waals surface area contributed by atoms with Crippen LogP contribution in [-0.4, -0.2) is 409 Å². The number of aliphatic hydroxyl groups is 22. The van der Waals surface area contributed by atoms with Gasteiger partial charge >= 0.3 is 0 Å². The highest BCUT2D eigenvalue weighted by atomic mass is 16.8. The quantitative estimate of drug-likeness (QED) is 0.0479. The SMILES string of the molecule is CC(=O)N[C@@H]1[C@@H](O[C@@H]2O[C@@H](C)[C@@H](O)[C@@H](O)[C@@H]2O)[C@H](O[C@@H]2O[C@H](CO)[C@@H](O[C@@H]3O[C@H](CO)[C@@H](O[C@@H]4O[C@H](CO)[C@H](O)[C@H](O)[C@H]4O[C@@H]4O[C@@H](C)[C@@H](O)[C@@H](O)[C@@H]4O)[C@H](O[C@H]4O[C@H](CO)[C@@H](O[C@H]5O[C@H](CO)[C@H](O)[C@H](O)[C@H]5O)[C@H](O)[C@@H]4O)[C@@H]3O)[C@H](O)[C@H]2NC(C)=O)[C@@H](CO)O[C@H]1O. The van der Waals surface area contributed by atoms with Crippen LogP contribution in [0.3, 0.4) is 0 Å². The van der Waals surface area contributed by atoms with Crippen LogP contribution in [0.4, 0.5) is 0 Å². The van der Waals surface area contributed by atoms with Crippen molar-refractivity contribution in [3.63, 3.8) is 0 Å². The van der Waals surface area contributed by atoms with Gasteiger partial charge in [0.05, 0.1) is 51.8 Å². The minimum Gasteiger partial charge on any atom is -0.394 e. The molecule has 0 unspecified atom stereocenters. The number of hydrogen-bond donors (Lipinski definition) is 24. The Hall–Kier alpha value is -2.54. The van der Waals surface area contributed by atoms with E-state index in [1.807, 2.05) is 0 Å². The first-order chi connectivity index (χ1) is 43.9. The van der Waals surface area contributed by atoms with Crippen LogP contribution in [0.15, 0.2) is 0 Å². The lowest BCUT2D eigenvalue weighted by Gasteiger charge is -2.52. The molecule has 8 heterocycles. The number of rotatable bonds is 22. The fourth-order valence-corrected chi connectivity index (χ4v) is 12.2. The molecule has 540 valence electrons. The number of ether oxygens (including phenoxy) is 15. The maximum absolute atomic E-state index is 13.0. The molecule has 0 bridgehead atoms. The summed E-state index contributed by atoms with van der Waals surface area (Å²) in [4.78, 5) is 25.6. The summed E-state index contributed by atoms with van der Waals surface area (Å²) in [6.45, 7) is -1.99. The molecule has 0 spiro atoms. The molecule has 24 N–H and O–H groups in total. The summed E-state index contributed by atoms with van der Waals surface area (Å²) in [5.74, 6) is -1.73. The van der Waals surface area contributed by atoms with E-state index in [1.54, 1.807) is 0 Å². The molecule has 41 nitrogen and oxygen atoms in total. The van der Waals surface area contributed by atoms with Gasteiger partial charge in [0.2, 0.25) is 11.8 Å².